The van der Waals surface area contributed by atoms with E-state index in [2.05, 4.69) is 0 Å². The maximum Gasteiger partial charge on any atom is 0.303 e. The summed E-state index contributed by atoms with van der Waals surface area (Å²) in [5.74, 6) is 0.0464. The molecule has 2 rings (SSSR count). The van der Waals surface area contributed by atoms with E-state index >= 15 is 0 Å². The van der Waals surface area contributed by atoms with Crippen LogP contribution in [0.2, 0.25) is 0 Å². The Hall–Kier alpha value is -1.78. The molecular formula is C13H17NO4. The predicted octanol–water partition coefficient (Wildman–Crippen LogP) is 1.91. The van der Waals surface area contributed by atoms with E-state index in [0.29, 0.717) is 24.4 Å². The van der Waals surface area contributed by atoms with E-state index in [0.717, 1.165) is 12.8 Å². The van der Waals surface area contributed by atoms with Gasteiger partial charge in [-0.05, 0) is 31.7 Å². The van der Waals surface area contributed by atoms with E-state index in [1.54, 1.807) is 17.9 Å². The molecule has 1 N–H and O–H groups in total. The monoisotopic (exact) mass is 251 g/mol. The molecule has 1 aromatic heterocycles. The second-order valence-electron chi connectivity index (χ2n) is 4.72. The average Bonchev–Trinajstić information content (AvgIpc) is 2.75. The molecule has 0 spiro atoms. The molecule has 0 bridgehead atoms. The molecular weight excluding hydrogens is 234 g/mol. The fraction of sp³-hybridized carbons (Fsp3) is 0.538. The minimum absolute atomic E-state index is 0.0185. The summed E-state index contributed by atoms with van der Waals surface area (Å²) < 4.78 is 5.12. The van der Waals surface area contributed by atoms with Gasteiger partial charge in [0.2, 0.25) is 0 Å². The molecule has 1 aromatic rings. The first kappa shape index (κ1) is 12.7. The summed E-state index contributed by atoms with van der Waals surface area (Å²) >= 11 is 0. The fourth-order valence-electron chi connectivity index (χ4n) is 2.36. The highest BCUT2D eigenvalue weighted by Gasteiger charge is 2.26. The van der Waals surface area contributed by atoms with Gasteiger partial charge in [0.05, 0.1) is 11.8 Å². The quantitative estimate of drug-likeness (QED) is 0.890. The molecule has 1 aliphatic heterocycles. The van der Waals surface area contributed by atoms with Gasteiger partial charge in [-0.3, -0.25) is 9.59 Å². The minimum atomic E-state index is -0.759. The second kappa shape index (κ2) is 5.25. The number of hydrogen-bond acceptors (Lipinski definition) is 3. The van der Waals surface area contributed by atoms with Gasteiger partial charge in [0.25, 0.3) is 5.91 Å². The zero-order chi connectivity index (χ0) is 13.1. The molecule has 1 saturated heterocycles. The van der Waals surface area contributed by atoms with Crippen molar-refractivity contribution in [3.63, 3.8) is 0 Å². The summed E-state index contributed by atoms with van der Waals surface area (Å²) in [4.78, 5) is 24.6. The van der Waals surface area contributed by atoms with Crippen molar-refractivity contribution in [1.82, 2.24) is 4.90 Å². The number of aliphatic carboxylic acids is 1. The molecule has 2 heterocycles. The van der Waals surface area contributed by atoms with Crippen molar-refractivity contribution in [1.29, 1.82) is 0 Å². The molecule has 0 unspecified atom stereocenters. The van der Waals surface area contributed by atoms with Gasteiger partial charge in [-0.25, -0.2) is 0 Å². The third-order valence-corrected chi connectivity index (χ3v) is 3.45. The van der Waals surface area contributed by atoms with Crippen LogP contribution in [-0.2, 0) is 4.79 Å². The van der Waals surface area contributed by atoms with Gasteiger partial charge in [0.1, 0.15) is 5.76 Å². The lowest BCUT2D eigenvalue weighted by molar-refractivity contribution is -0.138. The molecule has 1 fully saturated rings. The molecule has 98 valence electrons. The topological polar surface area (TPSA) is 70.8 Å². The lowest BCUT2D eigenvalue weighted by Gasteiger charge is -2.31. The molecule has 5 nitrogen and oxygen atoms in total. The van der Waals surface area contributed by atoms with E-state index < -0.39 is 5.97 Å². The van der Waals surface area contributed by atoms with Crippen LogP contribution in [0.4, 0.5) is 0 Å². The Bertz CT molecular complexity index is 444. The van der Waals surface area contributed by atoms with Gasteiger partial charge in [-0.1, -0.05) is 0 Å². The van der Waals surface area contributed by atoms with Crippen LogP contribution < -0.4 is 0 Å². The summed E-state index contributed by atoms with van der Waals surface area (Å²) in [6.45, 7) is 3.02. The fourth-order valence-corrected chi connectivity index (χ4v) is 2.36. The number of hydrogen-bond donors (Lipinski definition) is 1. The molecule has 18 heavy (non-hydrogen) atoms. The summed E-state index contributed by atoms with van der Waals surface area (Å²) in [6.07, 6.45) is 3.23. The first-order valence-electron chi connectivity index (χ1n) is 6.13. The molecule has 0 atom stereocenters. The van der Waals surface area contributed by atoms with Gasteiger partial charge in [0, 0.05) is 19.5 Å². The largest absolute Gasteiger partial charge is 0.481 e. The van der Waals surface area contributed by atoms with Gasteiger partial charge in [0.15, 0.2) is 0 Å². The van der Waals surface area contributed by atoms with E-state index in [4.69, 9.17) is 9.52 Å². The van der Waals surface area contributed by atoms with Crippen LogP contribution in [0.3, 0.4) is 0 Å². The van der Waals surface area contributed by atoms with Gasteiger partial charge < -0.3 is 14.4 Å². The van der Waals surface area contributed by atoms with Crippen molar-refractivity contribution >= 4 is 11.9 Å². The number of carbonyl (C=O) groups is 2. The number of likely N-dealkylation sites (tertiary alicyclic amines) is 1. The van der Waals surface area contributed by atoms with Crippen molar-refractivity contribution in [3.8, 4) is 0 Å². The number of carbonyl (C=O) groups excluding carboxylic acids is 1. The molecule has 1 aliphatic rings. The molecule has 0 aliphatic carbocycles. The number of rotatable bonds is 3. The standard InChI is InChI=1S/C13H17NO4/c1-9-11(4-7-18-9)13(17)14-5-2-10(3-6-14)8-12(15)16/h4,7,10H,2-3,5-6,8H2,1H3,(H,15,16). The van der Waals surface area contributed by atoms with Crippen molar-refractivity contribution < 1.29 is 19.1 Å². The maximum absolute atomic E-state index is 12.2. The number of carboxylic acid groups (broad SMARTS) is 1. The molecule has 5 heteroatoms. The third-order valence-electron chi connectivity index (χ3n) is 3.45. The first-order chi connectivity index (χ1) is 8.58. The van der Waals surface area contributed by atoms with Crippen molar-refractivity contribution in [2.24, 2.45) is 5.92 Å². The number of carboxylic acids is 1. The van der Waals surface area contributed by atoms with Crippen LogP contribution in [0.5, 0.6) is 0 Å². The van der Waals surface area contributed by atoms with Gasteiger partial charge >= 0.3 is 5.97 Å². The molecule has 1 amide bonds. The summed E-state index contributed by atoms with van der Waals surface area (Å²) in [5, 5.41) is 8.73. The third kappa shape index (κ3) is 2.72. The highest BCUT2D eigenvalue weighted by Crippen LogP contribution is 2.22. The zero-order valence-corrected chi connectivity index (χ0v) is 10.4. The van der Waals surface area contributed by atoms with Crippen LogP contribution in [-0.4, -0.2) is 35.0 Å². The van der Waals surface area contributed by atoms with E-state index in [1.165, 1.54) is 6.26 Å². The molecule has 0 saturated carbocycles. The normalized spacial score (nSPS) is 16.8. The SMILES string of the molecule is Cc1occc1C(=O)N1CCC(CC(=O)O)CC1. The van der Waals surface area contributed by atoms with E-state index in [1.807, 2.05) is 0 Å². The smallest absolute Gasteiger partial charge is 0.303 e. The van der Waals surface area contributed by atoms with Crippen LogP contribution in [0.25, 0.3) is 0 Å². The maximum atomic E-state index is 12.2. The number of furan rings is 1. The molecule has 0 aromatic carbocycles. The Morgan fingerprint density at radius 1 is 1.44 bits per heavy atom. The van der Waals surface area contributed by atoms with Crippen LogP contribution in [0.15, 0.2) is 16.7 Å². The highest BCUT2D eigenvalue weighted by molar-refractivity contribution is 5.95. The van der Waals surface area contributed by atoms with Crippen molar-refractivity contribution in [2.45, 2.75) is 26.2 Å². The van der Waals surface area contributed by atoms with Crippen molar-refractivity contribution in [2.75, 3.05) is 13.1 Å². The predicted molar refractivity (Wildman–Crippen MR) is 64.3 cm³/mol. The number of aryl methyl sites for hydroxylation is 1. The van der Waals surface area contributed by atoms with Crippen LogP contribution >= 0.6 is 0 Å². The van der Waals surface area contributed by atoms with Gasteiger partial charge in [-0.2, -0.15) is 0 Å². The Balaban J connectivity index is 1.92. The van der Waals surface area contributed by atoms with E-state index in [9.17, 15) is 9.59 Å². The van der Waals surface area contributed by atoms with Crippen LogP contribution in [0, 0.1) is 12.8 Å². The highest BCUT2D eigenvalue weighted by atomic mass is 16.4. The summed E-state index contributed by atoms with van der Waals surface area (Å²) in [5.41, 5.74) is 0.603. The molecule has 0 radical (unpaired) electrons. The number of amides is 1. The Labute approximate surface area is 105 Å². The first-order valence-corrected chi connectivity index (χ1v) is 6.13. The lowest BCUT2D eigenvalue weighted by Crippen LogP contribution is -2.39. The average molecular weight is 251 g/mol. The summed E-state index contributed by atoms with van der Waals surface area (Å²) in [7, 11) is 0. The second-order valence-corrected chi connectivity index (χ2v) is 4.72. The minimum Gasteiger partial charge on any atom is -0.481 e. The van der Waals surface area contributed by atoms with Gasteiger partial charge in [-0.15, -0.1) is 0 Å². The van der Waals surface area contributed by atoms with E-state index in [-0.39, 0.29) is 18.2 Å². The Kier molecular flexibility index (Phi) is 3.69. The Morgan fingerprint density at radius 2 is 2.11 bits per heavy atom. The zero-order valence-electron chi connectivity index (χ0n) is 10.4. The lowest BCUT2D eigenvalue weighted by atomic mass is 9.93. The van der Waals surface area contributed by atoms with Crippen LogP contribution in [0.1, 0.15) is 35.4 Å². The Morgan fingerprint density at radius 3 is 2.61 bits per heavy atom. The number of piperidine rings is 1. The number of nitrogens with zero attached hydrogens (tertiary/aromatic N) is 1. The summed E-state index contributed by atoms with van der Waals surface area (Å²) in [6, 6.07) is 1.68. The van der Waals surface area contributed by atoms with Crippen molar-refractivity contribution in [3.05, 3.63) is 23.7 Å².